The highest BCUT2D eigenvalue weighted by Gasteiger charge is 2.21. The molecule has 1 aromatic rings. The molecule has 0 aliphatic carbocycles. The smallest absolute Gasteiger partial charge is 0.167 e. The first-order valence-corrected chi connectivity index (χ1v) is 5.60. The number of aromatic nitrogens is 1. The van der Waals surface area contributed by atoms with Crippen molar-refractivity contribution in [3.05, 3.63) is 23.1 Å². The van der Waals surface area contributed by atoms with Gasteiger partial charge < -0.3 is 9.69 Å². The van der Waals surface area contributed by atoms with E-state index in [-0.39, 0.29) is 5.92 Å². The summed E-state index contributed by atoms with van der Waals surface area (Å²) in [5, 5.41) is 0.295. The number of pyridine rings is 1. The summed E-state index contributed by atoms with van der Waals surface area (Å²) in [6, 6.07) is 1.26. The van der Waals surface area contributed by atoms with E-state index in [9.17, 15) is 9.18 Å². The van der Waals surface area contributed by atoms with Gasteiger partial charge in [-0.2, -0.15) is 0 Å². The van der Waals surface area contributed by atoms with Crippen molar-refractivity contribution in [3.8, 4) is 0 Å². The van der Waals surface area contributed by atoms with Gasteiger partial charge in [0.25, 0.3) is 0 Å². The van der Waals surface area contributed by atoms with E-state index in [4.69, 9.17) is 11.6 Å². The van der Waals surface area contributed by atoms with Crippen LogP contribution in [0.25, 0.3) is 0 Å². The zero-order valence-corrected chi connectivity index (χ0v) is 9.45. The van der Waals surface area contributed by atoms with Crippen LogP contribution in [0.3, 0.4) is 0 Å². The Kier molecular flexibility index (Phi) is 3.39. The van der Waals surface area contributed by atoms with Crippen LogP contribution in [0.1, 0.15) is 12.8 Å². The molecule has 1 aromatic heterocycles. The summed E-state index contributed by atoms with van der Waals surface area (Å²) >= 11 is 5.63. The lowest BCUT2D eigenvalue weighted by Crippen LogP contribution is -2.35. The number of anilines is 1. The molecule has 0 radical (unpaired) electrons. The molecule has 0 saturated carbocycles. The van der Waals surface area contributed by atoms with Crippen molar-refractivity contribution in [2.24, 2.45) is 5.92 Å². The number of hydrogen-bond donors (Lipinski definition) is 0. The van der Waals surface area contributed by atoms with Gasteiger partial charge in [0.2, 0.25) is 0 Å². The number of piperidine rings is 1. The Morgan fingerprint density at radius 2 is 2.19 bits per heavy atom. The topological polar surface area (TPSA) is 33.2 Å². The van der Waals surface area contributed by atoms with E-state index < -0.39 is 5.82 Å². The van der Waals surface area contributed by atoms with Crippen LogP contribution in [0.2, 0.25) is 5.02 Å². The summed E-state index contributed by atoms with van der Waals surface area (Å²) in [7, 11) is 0. The molecule has 0 aromatic carbocycles. The maximum absolute atomic E-state index is 13.6. The molecule has 0 unspecified atom stereocenters. The highest BCUT2D eigenvalue weighted by Crippen LogP contribution is 2.24. The molecule has 5 heteroatoms. The molecule has 1 fully saturated rings. The summed E-state index contributed by atoms with van der Waals surface area (Å²) in [5.74, 6) is 0.0254. The first-order valence-electron chi connectivity index (χ1n) is 5.22. The SMILES string of the molecule is O=CC1CCN(c2ncc(Cl)cc2F)CC1. The zero-order valence-electron chi connectivity index (χ0n) is 8.70. The average Bonchev–Trinajstić information content (AvgIpc) is 2.29. The van der Waals surface area contributed by atoms with E-state index in [0.717, 1.165) is 19.1 Å². The van der Waals surface area contributed by atoms with E-state index in [1.807, 2.05) is 4.90 Å². The Balaban J connectivity index is 2.11. The van der Waals surface area contributed by atoms with Crippen LogP contribution in [0.4, 0.5) is 10.2 Å². The van der Waals surface area contributed by atoms with Crippen LogP contribution < -0.4 is 4.90 Å². The molecule has 1 saturated heterocycles. The van der Waals surface area contributed by atoms with Crippen molar-refractivity contribution in [3.63, 3.8) is 0 Å². The highest BCUT2D eigenvalue weighted by atomic mass is 35.5. The standard InChI is InChI=1S/C11H12ClFN2O/c12-9-5-10(13)11(14-6-9)15-3-1-8(7-16)2-4-15/h5-8H,1-4H2. The third kappa shape index (κ3) is 2.32. The van der Waals surface area contributed by atoms with Crippen LogP contribution in [0.5, 0.6) is 0 Å². The highest BCUT2D eigenvalue weighted by molar-refractivity contribution is 6.30. The van der Waals surface area contributed by atoms with Crippen LogP contribution >= 0.6 is 11.6 Å². The molecule has 1 aliphatic rings. The van der Waals surface area contributed by atoms with E-state index in [2.05, 4.69) is 4.98 Å². The number of rotatable bonds is 2. The van der Waals surface area contributed by atoms with E-state index >= 15 is 0 Å². The summed E-state index contributed by atoms with van der Waals surface area (Å²) in [6.45, 7) is 1.32. The molecule has 16 heavy (non-hydrogen) atoms. The second kappa shape index (κ2) is 4.78. The van der Waals surface area contributed by atoms with Crippen LogP contribution in [0, 0.1) is 11.7 Å². The molecule has 1 aliphatic heterocycles. The lowest BCUT2D eigenvalue weighted by Gasteiger charge is -2.30. The number of carbonyl (C=O) groups is 1. The summed E-state index contributed by atoms with van der Waals surface area (Å²) < 4.78 is 13.6. The van der Waals surface area contributed by atoms with Crippen LogP contribution in [-0.4, -0.2) is 24.4 Å². The van der Waals surface area contributed by atoms with Crippen LogP contribution in [-0.2, 0) is 4.79 Å². The maximum Gasteiger partial charge on any atom is 0.167 e. The van der Waals surface area contributed by atoms with Gasteiger partial charge in [-0.15, -0.1) is 0 Å². The van der Waals surface area contributed by atoms with Gasteiger partial charge in [0.15, 0.2) is 11.6 Å². The van der Waals surface area contributed by atoms with Gasteiger partial charge in [0.1, 0.15) is 6.29 Å². The Morgan fingerprint density at radius 3 is 2.75 bits per heavy atom. The van der Waals surface area contributed by atoms with Gasteiger partial charge in [-0.25, -0.2) is 9.37 Å². The molecule has 86 valence electrons. The van der Waals surface area contributed by atoms with Gasteiger partial charge in [0, 0.05) is 25.2 Å². The lowest BCUT2D eigenvalue weighted by atomic mass is 9.99. The van der Waals surface area contributed by atoms with Gasteiger partial charge in [-0.1, -0.05) is 11.6 Å². The van der Waals surface area contributed by atoms with E-state index in [0.29, 0.717) is 23.9 Å². The number of nitrogens with zero attached hydrogens (tertiary/aromatic N) is 2. The monoisotopic (exact) mass is 242 g/mol. The van der Waals surface area contributed by atoms with Gasteiger partial charge in [-0.3, -0.25) is 0 Å². The lowest BCUT2D eigenvalue weighted by molar-refractivity contribution is -0.111. The molecule has 0 bridgehead atoms. The van der Waals surface area contributed by atoms with Gasteiger partial charge >= 0.3 is 0 Å². The molecule has 2 rings (SSSR count). The minimum Gasteiger partial charge on any atom is -0.354 e. The zero-order chi connectivity index (χ0) is 11.5. The minimum atomic E-state index is -0.406. The van der Waals surface area contributed by atoms with Crippen molar-refractivity contribution in [1.82, 2.24) is 4.98 Å². The molecule has 0 spiro atoms. The second-order valence-corrected chi connectivity index (χ2v) is 4.36. The fourth-order valence-corrected chi connectivity index (χ4v) is 2.03. The first kappa shape index (κ1) is 11.3. The number of hydrogen-bond acceptors (Lipinski definition) is 3. The second-order valence-electron chi connectivity index (χ2n) is 3.92. The third-order valence-electron chi connectivity index (χ3n) is 2.82. The van der Waals surface area contributed by atoms with Crippen molar-refractivity contribution in [2.75, 3.05) is 18.0 Å². The maximum atomic E-state index is 13.6. The molecule has 0 atom stereocenters. The van der Waals surface area contributed by atoms with Gasteiger partial charge in [-0.05, 0) is 18.9 Å². The average molecular weight is 243 g/mol. The molecular weight excluding hydrogens is 231 g/mol. The Labute approximate surface area is 98.2 Å². The Morgan fingerprint density at radius 1 is 1.50 bits per heavy atom. The summed E-state index contributed by atoms with van der Waals surface area (Å²) in [5.41, 5.74) is 0. The van der Waals surface area contributed by atoms with E-state index in [1.54, 1.807) is 0 Å². The van der Waals surface area contributed by atoms with Crippen LogP contribution in [0.15, 0.2) is 12.3 Å². The minimum absolute atomic E-state index is 0.103. The fraction of sp³-hybridized carbons (Fsp3) is 0.455. The largest absolute Gasteiger partial charge is 0.354 e. The fourth-order valence-electron chi connectivity index (χ4n) is 1.89. The predicted octanol–water partition coefficient (Wildman–Crippen LogP) is 2.29. The quantitative estimate of drug-likeness (QED) is 0.746. The Bertz CT molecular complexity index is 392. The molecule has 0 N–H and O–H groups in total. The number of halogens is 2. The molecule has 0 amide bonds. The molecule has 3 nitrogen and oxygen atoms in total. The van der Waals surface area contributed by atoms with Crippen molar-refractivity contribution < 1.29 is 9.18 Å². The summed E-state index contributed by atoms with van der Waals surface area (Å²) in [4.78, 5) is 16.4. The molecule has 2 heterocycles. The normalized spacial score (nSPS) is 17.5. The summed E-state index contributed by atoms with van der Waals surface area (Å²) in [6.07, 6.45) is 3.93. The number of carbonyl (C=O) groups excluding carboxylic acids is 1. The third-order valence-corrected chi connectivity index (χ3v) is 3.03. The number of aldehydes is 1. The molecular formula is C11H12ClFN2O. The Hall–Kier alpha value is -1.16. The van der Waals surface area contributed by atoms with Crippen molar-refractivity contribution >= 4 is 23.7 Å². The van der Waals surface area contributed by atoms with Crippen molar-refractivity contribution in [1.29, 1.82) is 0 Å². The predicted molar refractivity (Wildman–Crippen MR) is 60.2 cm³/mol. The first-order chi connectivity index (χ1) is 7.70. The van der Waals surface area contributed by atoms with E-state index in [1.165, 1.54) is 12.3 Å². The van der Waals surface area contributed by atoms with Gasteiger partial charge in [0.05, 0.1) is 5.02 Å². The van der Waals surface area contributed by atoms with Crippen molar-refractivity contribution in [2.45, 2.75) is 12.8 Å².